The summed E-state index contributed by atoms with van der Waals surface area (Å²) in [6.45, 7) is 3.62. The van der Waals surface area contributed by atoms with Crippen LogP contribution < -0.4 is 5.73 Å². The van der Waals surface area contributed by atoms with Crippen LogP contribution in [0.4, 0.5) is 0 Å². The lowest BCUT2D eigenvalue weighted by Gasteiger charge is -2.05. The molecular weight excluding hydrogens is 154 g/mol. The van der Waals surface area contributed by atoms with Crippen LogP contribution in [0.2, 0.25) is 0 Å². The molecule has 0 aliphatic rings. The van der Waals surface area contributed by atoms with Gasteiger partial charge in [0.25, 0.3) is 0 Å². The maximum atomic E-state index is 5.71. The van der Waals surface area contributed by atoms with Crippen LogP contribution in [0.25, 0.3) is 0 Å². The molecule has 0 amide bonds. The standard InChI is InChI=1S/C9H11NS/c1-2-9(10)7-4-3-5-8(11)6-7/h2-6,9,11H,1,10H2/t9-/m1/s1. The van der Waals surface area contributed by atoms with E-state index in [2.05, 4.69) is 19.2 Å². The molecule has 0 fully saturated rings. The van der Waals surface area contributed by atoms with Gasteiger partial charge < -0.3 is 5.73 Å². The molecule has 1 aromatic carbocycles. The summed E-state index contributed by atoms with van der Waals surface area (Å²) in [6.07, 6.45) is 1.71. The van der Waals surface area contributed by atoms with Crippen molar-refractivity contribution in [1.82, 2.24) is 0 Å². The Kier molecular flexibility index (Phi) is 2.74. The summed E-state index contributed by atoms with van der Waals surface area (Å²) in [7, 11) is 0. The number of hydrogen-bond acceptors (Lipinski definition) is 2. The van der Waals surface area contributed by atoms with E-state index in [1.807, 2.05) is 24.3 Å². The van der Waals surface area contributed by atoms with E-state index >= 15 is 0 Å². The van der Waals surface area contributed by atoms with Gasteiger partial charge in [-0.15, -0.1) is 19.2 Å². The average Bonchev–Trinajstić information content (AvgIpc) is 2.03. The Morgan fingerprint density at radius 3 is 2.82 bits per heavy atom. The molecule has 1 atom stereocenters. The van der Waals surface area contributed by atoms with Gasteiger partial charge in [-0.3, -0.25) is 0 Å². The molecule has 0 saturated heterocycles. The van der Waals surface area contributed by atoms with Gasteiger partial charge in [-0.05, 0) is 17.7 Å². The lowest BCUT2D eigenvalue weighted by molar-refractivity contribution is 0.909. The third kappa shape index (κ3) is 2.10. The molecule has 0 aromatic heterocycles. The molecule has 1 aromatic rings. The Bertz CT molecular complexity index is 257. The summed E-state index contributed by atoms with van der Waals surface area (Å²) >= 11 is 4.20. The van der Waals surface area contributed by atoms with Crippen molar-refractivity contribution in [2.24, 2.45) is 5.73 Å². The Morgan fingerprint density at radius 1 is 1.55 bits per heavy atom. The fourth-order valence-electron chi connectivity index (χ4n) is 0.868. The summed E-state index contributed by atoms with van der Waals surface area (Å²) in [5, 5.41) is 0. The summed E-state index contributed by atoms with van der Waals surface area (Å²) in [6, 6.07) is 7.67. The SMILES string of the molecule is C=C[C@@H](N)c1cccc(S)c1. The van der Waals surface area contributed by atoms with E-state index in [4.69, 9.17) is 5.73 Å². The minimum absolute atomic E-state index is 0.0814. The lowest BCUT2D eigenvalue weighted by atomic mass is 10.1. The van der Waals surface area contributed by atoms with Gasteiger partial charge in [-0.2, -0.15) is 0 Å². The van der Waals surface area contributed by atoms with Gasteiger partial charge in [-0.1, -0.05) is 18.2 Å². The van der Waals surface area contributed by atoms with Crippen molar-refractivity contribution < 1.29 is 0 Å². The zero-order valence-corrected chi connectivity index (χ0v) is 7.09. The topological polar surface area (TPSA) is 26.0 Å². The van der Waals surface area contributed by atoms with E-state index in [0.29, 0.717) is 0 Å². The first kappa shape index (κ1) is 8.37. The van der Waals surface area contributed by atoms with Gasteiger partial charge in [0.05, 0.1) is 0 Å². The third-order valence-corrected chi connectivity index (χ3v) is 1.79. The van der Waals surface area contributed by atoms with E-state index in [0.717, 1.165) is 10.5 Å². The number of rotatable bonds is 2. The highest BCUT2D eigenvalue weighted by atomic mass is 32.1. The molecule has 0 unspecified atom stereocenters. The molecule has 2 heteroatoms. The van der Waals surface area contributed by atoms with Crippen LogP contribution in [0.5, 0.6) is 0 Å². The highest BCUT2D eigenvalue weighted by Gasteiger charge is 1.99. The highest BCUT2D eigenvalue weighted by Crippen LogP contribution is 2.14. The zero-order chi connectivity index (χ0) is 8.27. The van der Waals surface area contributed by atoms with E-state index in [1.54, 1.807) is 6.08 Å². The van der Waals surface area contributed by atoms with Crippen LogP contribution in [0.15, 0.2) is 41.8 Å². The molecule has 11 heavy (non-hydrogen) atoms. The zero-order valence-electron chi connectivity index (χ0n) is 6.20. The first-order valence-corrected chi connectivity index (χ1v) is 3.86. The molecule has 2 N–H and O–H groups in total. The van der Waals surface area contributed by atoms with Gasteiger partial charge in [0.1, 0.15) is 0 Å². The van der Waals surface area contributed by atoms with E-state index in [9.17, 15) is 0 Å². The summed E-state index contributed by atoms with van der Waals surface area (Å²) < 4.78 is 0. The predicted octanol–water partition coefficient (Wildman–Crippen LogP) is 2.16. The lowest BCUT2D eigenvalue weighted by Crippen LogP contribution is -2.05. The van der Waals surface area contributed by atoms with Crippen LogP contribution in [0.1, 0.15) is 11.6 Å². The van der Waals surface area contributed by atoms with Gasteiger partial charge in [-0.25, -0.2) is 0 Å². The van der Waals surface area contributed by atoms with E-state index < -0.39 is 0 Å². The Balaban J connectivity index is 2.95. The molecule has 0 bridgehead atoms. The normalized spacial score (nSPS) is 12.5. The van der Waals surface area contributed by atoms with Crippen molar-refractivity contribution in [2.75, 3.05) is 0 Å². The minimum Gasteiger partial charge on any atom is -0.321 e. The molecular formula is C9H11NS. The number of nitrogens with two attached hydrogens (primary N) is 1. The van der Waals surface area contributed by atoms with E-state index in [-0.39, 0.29) is 6.04 Å². The maximum absolute atomic E-state index is 5.71. The van der Waals surface area contributed by atoms with Crippen molar-refractivity contribution in [1.29, 1.82) is 0 Å². The first-order chi connectivity index (χ1) is 5.24. The van der Waals surface area contributed by atoms with Gasteiger partial charge >= 0.3 is 0 Å². The highest BCUT2D eigenvalue weighted by molar-refractivity contribution is 7.80. The molecule has 1 rings (SSSR count). The minimum atomic E-state index is -0.0814. The van der Waals surface area contributed by atoms with Crippen molar-refractivity contribution >= 4 is 12.6 Å². The fraction of sp³-hybridized carbons (Fsp3) is 0.111. The third-order valence-electron chi connectivity index (χ3n) is 1.51. The number of benzene rings is 1. The molecule has 1 nitrogen and oxygen atoms in total. The van der Waals surface area contributed by atoms with Crippen molar-refractivity contribution in [3.8, 4) is 0 Å². The molecule has 58 valence electrons. The summed E-state index contributed by atoms with van der Waals surface area (Å²) in [4.78, 5) is 0.930. The first-order valence-electron chi connectivity index (χ1n) is 3.41. The molecule has 0 spiro atoms. The van der Waals surface area contributed by atoms with Crippen LogP contribution in [-0.4, -0.2) is 0 Å². The van der Waals surface area contributed by atoms with Crippen molar-refractivity contribution in [3.63, 3.8) is 0 Å². The van der Waals surface area contributed by atoms with Crippen LogP contribution in [-0.2, 0) is 0 Å². The second-order valence-corrected chi connectivity index (χ2v) is 2.87. The molecule has 0 radical (unpaired) electrons. The Morgan fingerprint density at radius 2 is 2.27 bits per heavy atom. The fourth-order valence-corrected chi connectivity index (χ4v) is 1.10. The smallest absolute Gasteiger partial charge is 0.0478 e. The Hall–Kier alpha value is -0.730. The van der Waals surface area contributed by atoms with Gasteiger partial charge in [0.15, 0.2) is 0 Å². The predicted molar refractivity (Wildman–Crippen MR) is 50.8 cm³/mol. The Labute approximate surface area is 72.3 Å². The van der Waals surface area contributed by atoms with Crippen molar-refractivity contribution in [2.45, 2.75) is 10.9 Å². The second kappa shape index (κ2) is 3.60. The molecule has 0 saturated carbocycles. The second-order valence-electron chi connectivity index (χ2n) is 2.36. The maximum Gasteiger partial charge on any atom is 0.0478 e. The van der Waals surface area contributed by atoms with Crippen LogP contribution in [0.3, 0.4) is 0 Å². The molecule has 0 heterocycles. The summed E-state index contributed by atoms with van der Waals surface area (Å²) in [5.74, 6) is 0. The van der Waals surface area contributed by atoms with Gasteiger partial charge in [0.2, 0.25) is 0 Å². The van der Waals surface area contributed by atoms with Crippen LogP contribution >= 0.6 is 12.6 Å². The molecule has 0 aliphatic heterocycles. The van der Waals surface area contributed by atoms with Crippen molar-refractivity contribution in [3.05, 3.63) is 42.5 Å². The monoisotopic (exact) mass is 165 g/mol. The summed E-state index contributed by atoms with van der Waals surface area (Å²) in [5.41, 5.74) is 6.76. The average molecular weight is 165 g/mol. The number of hydrogen-bond donors (Lipinski definition) is 2. The van der Waals surface area contributed by atoms with E-state index in [1.165, 1.54) is 0 Å². The number of thiol groups is 1. The van der Waals surface area contributed by atoms with Gasteiger partial charge in [0, 0.05) is 10.9 Å². The molecule has 0 aliphatic carbocycles. The quantitative estimate of drug-likeness (QED) is 0.509. The van der Waals surface area contributed by atoms with Crippen LogP contribution in [0, 0.1) is 0 Å². The largest absolute Gasteiger partial charge is 0.321 e.